The number of hydrogen-bond donors (Lipinski definition) is 3. The zero-order valence-electron chi connectivity index (χ0n) is 17.2. The van der Waals surface area contributed by atoms with E-state index in [1.807, 2.05) is 0 Å². The number of carboxylic acids is 1. The zero-order valence-corrected chi connectivity index (χ0v) is 18.8. The Morgan fingerprint density at radius 3 is 2.24 bits per heavy atom. The molecule has 13 heteroatoms. The first kappa shape index (κ1) is 25.2. The van der Waals surface area contributed by atoms with Crippen molar-refractivity contribution < 1.29 is 46.1 Å². The van der Waals surface area contributed by atoms with Crippen LogP contribution in [0.3, 0.4) is 0 Å². The molecule has 0 spiro atoms. The Labute approximate surface area is 195 Å². The number of thiophene rings is 1. The number of ether oxygens (including phenoxy) is 1. The Bertz CT molecular complexity index is 1330. The predicted molar refractivity (Wildman–Crippen MR) is 116 cm³/mol. The number of alkyl halides is 3. The third-order valence-corrected chi connectivity index (χ3v) is 7.70. The van der Waals surface area contributed by atoms with E-state index in [1.54, 1.807) is 0 Å². The maximum Gasteiger partial charge on any atom is 0.573 e. The number of aliphatic hydroxyl groups is 1. The third-order valence-electron chi connectivity index (χ3n) is 4.41. The minimum atomic E-state index is -4.95. The molecule has 3 aromatic rings. The van der Waals surface area contributed by atoms with E-state index in [2.05, 4.69) is 10.1 Å². The number of hydrogen-bond acceptors (Lipinski definition) is 7. The van der Waals surface area contributed by atoms with E-state index < -0.39 is 39.9 Å². The summed E-state index contributed by atoms with van der Waals surface area (Å²) in [6.07, 6.45) is -6.39. The molecule has 0 aliphatic heterocycles. The van der Waals surface area contributed by atoms with Crippen LogP contribution in [0, 0.1) is 0 Å². The Balaban J connectivity index is 2.10. The Morgan fingerprint density at radius 1 is 1.06 bits per heavy atom. The van der Waals surface area contributed by atoms with Crippen LogP contribution in [0.15, 0.2) is 63.7 Å². The lowest BCUT2D eigenvalue weighted by atomic mass is 10.0. The number of sulfone groups is 1. The molecule has 34 heavy (non-hydrogen) atoms. The molecule has 0 saturated heterocycles. The van der Waals surface area contributed by atoms with Gasteiger partial charge in [0.25, 0.3) is 5.91 Å². The molecule has 8 nitrogen and oxygen atoms in total. The molecule has 1 aromatic heterocycles. The number of nitrogens with one attached hydrogen (secondary N) is 1. The van der Waals surface area contributed by atoms with Crippen LogP contribution in [0.2, 0.25) is 0 Å². The van der Waals surface area contributed by atoms with Gasteiger partial charge in [0.15, 0.2) is 0 Å². The zero-order chi connectivity index (χ0) is 25.3. The maximum absolute atomic E-state index is 13.1. The number of rotatable bonds is 7. The second-order valence-corrected chi connectivity index (χ2v) is 10.1. The lowest BCUT2D eigenvalue weighted by molar-refractivity contribution is -0.274. The minimum absolute atomic E-state index is 0.0322. The summed E-state index contributed by atoms with van der Waals surface area (Å²) in [5, 5.41) is 21.4. The largest absolute Gasteiger partial charge is 0.573 e. The molecule has 0 radical (unpaired) electrons. The highest BCUT2D eigenvalue weighted by molar-refractivity contribution is 7.93. The van der Waals surface area contributed by atoms with Crippen LogP contribution in [-0.2, 0) is 14.6 Å². The number of benzene rings is 2. The van der Waals surface area contributed by atoms with Crippen molar-refractivity contribution in [1.82, 2.24) is 0 Å². The van der Waals surface area contributed by atoms with Gasteiger partial charge in [0.1, 0.15) is 21.1 Å². The summed E-state index contributed by atoms with van der Waals surface area (Å²) in [5.41, 5.74) is 0.0283. The van der Waals surface area contributed by atoms with Crippen molar-refractivity contribution in [2.24, 2.45) is 0 Å². The first-order chi connectivity index (χ1) is 15.8. The fourth-order valence-corrected chi connectivity index (χ4v) is 5.64. The molecule has 0 aliphatic carbocycles. The summed E-state index contributed by atoms with van der Waals surface area (Å²) in [6, 6.07) is 10.4. The molecule has 1 atom stereocenters. The summed E-state index contributed by atoms with van der Waals surface area (Å²) in [4.78, 5) is 23.4. The van der Waals surface area contributed by atoms with Gasteiger partial charge in [-0.25, -0.2) is 13.2 Å². The second-order valence-electron chi connectivity index (χ2n) is 6.85. The Morgan fingerprint density at radius 2 is 1.68 bits per heavy atom. The van der Waals surface area contributed by atoms with Crippen LogP contribution >= 0.6 is 11.3 Å². The van der Waals surface area contributed by atoms with E-state index in [-0.39, 0.29) is 30.8 Å². The normalized spacial score (nSPS) is 12.7. The van der Waals surface area contributed by atoms with Crippen LogP contribution in [0.1, 0.15) is 17.3 Å². The first-order valence-corrected chi connectivity index (χ1v) is 11.7. The highest BCUT2D eigenvalue weighted by Gasteiger charge is 2.31. The molecule has 0 aliphatic rings. The summed E-state index contributed by atoms with van der Waals surface area (Å²) >= 11 is 0.601. The van der Waals surface area contributed by atoms with Crippen molar-refractivity contribution in [2.75, 3.05) is 5.32 Å². The fraction of sp³-hybridized carbons (Fsp3) is 0.143. The van der Waals surface area contributed by atoms with Gasteiger partial charge in [0, 0.05) is 5.56 Å². The topological polar surface area (TPSA) is 130 Å². The molecule has 180 valence electrons. The number of amides is 1. The van der Waals surface area contributed by atoms with E-state index >= 15 is 0 Å². The average molecular weight is 515 g/mol. The van der Waals surface area contributed by atoms with Crippen molar-refractivity contribution in [2.45, 2.75) is 28.5 Å². The van der Waals surface area contributed by atoms with Gasteiger partial charge in [0.05, 0.1) is 10.5 Å². The molecule has 1 heterocycles. The van der Waals surface area contributed by atoms with Crippen LogP contribution in [0.5, 0.6) is 5.75 Å². The van der Waals surface area contributed by atoms with E-state index in [9.17, 15) is 41.4 Å². The van der Waals surface area contributed by atoms with Crippen molar-refractivity contribution >= 4 is 38.1 Å². The fourth-order valence-electron chi connectivity index (χ4n) is 2.85. The summed E-state index contributed by atoms with van der Waals surface area (Å²) < 4.78 is 66.8. The van der Waals surface area contributed by atoms with Crippen molar-refractivity contribution in [3.05, 3.63) is 60.2 Å². The molecule has 2 aromatic carbocycles. The highest BCUT2D eigenvalue weighted by atomic mass is 32.2. The van der Waals surface area contributed by atoms with Gasteiger partial charge in [0.2, 0.25) is 9.84 Å². The van der Waals surface area contributed by atoms with Gasteiger partial charge in [-0.3, -0.25) is 4.79 Å². The summed E-state index contributed by atoms with van der Waals surface area (Å²) in [5.74, 6) is -2.76. The van der Waals surface area contributed by atoms with Crippen molar-refractivity contribution in [3.63, 3.8) is 0 Å². The number of carboxylic acid groups (broad SMARTS) is 1. The maximum atomic E-state index is 13.1. The van der Waals surface area contributed by atoms with Gasteiger partial charge in [-0.05, 0) is 48.9 Å². The molecule has 1 unspecified atom stereocenters. The molecule has 0 bridgehead atoms. The molecule has 0 saturated carbocycles. The van der Waals surface area contributed by atoms with Crippen LogP contribution in [0.4, 0.5) is 18.2 Å². The quantitative estimate of drug-likeness (QED) is 0.431. The lowest BCUT2D eigenvalue weighted by Crippen LogP contribution is -2.24. The lowest BCUT2D eigenvalue weighted by Gasteiger charge is -2.09. The van der Waals surface area contributed by atoms with Crippen LogP contribution < -0.4 is 10.1 Å². The number of aliphatic hydroxyl groups excluding tert-OH is 1. The monoisotopic (exact) mass is 515 g/mol. The highest BCUT2D eigenvalue weighted by Crippen LogP contribution is 2.42. The Kier molecular flexibility index (Phi) is 7.00. The standard InChI is InChI=1S/C21H16F3NO7S2/c1-11(26)18(27)25-19-16(14-4-2-3-5-15(14)20(28)29)10-17(33-19)34(30,31)13-8-6-12(7-9-13)32-21(22,23)24/h2-11,26H,1H3,(H,25,27)(H,28,29). The van der Waals surface area contributed by atoms with E-state index in [0.29, 0.717) is 11.3 Å². The molecule has 3 N–H and O–H groups in total. The first-order valence-electron chi connectivity index (χ1n) is 9.36. The SMILES string of the molecule is CC(O)C(=O)Nc1sc(S(=O)(=O)c2ccc(OC(F)(F)F)cc2)cc1-c1ccccc1C(=O)O. The predicted octanol–water partition coefficient (Wildman–Crippen LogP) is 4.16. The third kappa shape index (κ3) is 5.55. The molecule has 0 fully saturated rings. The van der Waals surface area contributed by atoms with Crippen molar-refractivity contribution in [1.29, 1.82) is 0 Å². The number of anilines is 1. The minimum Gasteiger partial charge on any atom is -0.478 e. The molecule has 3 rings (SSSR count). The van der Waals surface area contributed by atoms with Gasteiger partial charge in [-0.15, -0.1) is 24.5 Å². The Hall–Kier alpha value is -3.42. The second kappa shape index (κ2) is 9.44. The van der Waals surface area contributed by atoms with Crippen LogP contribution in [0.25, 0.3) is 11.1 Å². The van der Waals surface area contributed by atoms with Crippen LogP contribution in [-0.4, -0.2) is 43.0 Å². The van der Waals surface area contributed by atoms with Gasteiger partial charge < -0.3 is 20.3 Å². The van der Waals surface area contributed by atoms with E-state index in [4.69, 9.17) is 0 Å². The van der Waals surface area contributed by atoms with E-state index in [0.717, 1.165) is 30.3 Å². The van der Waals surface area contributed by atoms with Gasteiger partial charge in [-0.2, -0.15) is 0 Å². The smallest absolute Gasteiger partial charge is 0.478 e. The number of aromatic carboxylic acids is 1. The molecular weight excluding hydrogens is 499 g/mol. The van der Waals surface area contributed by atoms with Gasteiger partial charge in [-0.1, -0.05) is 18.2 Å². The number of halogens is 3. The van der Waals surface area contributed by atoms with E-state index in [1.165, 1.54) is 31.2 Å². The molecular formula is C21H16F3NO7S2. The summed E-state index contributed by atoms with van der Waals surface area (Å²) in [7, 11) is -4.28. The number of carbonyl (C=O) groups excluding carboxylic acids is 1. The summed E-state index contributed by atoms with van der Waals surface area (Å²) in [6.45, 7) is 1.19. The number of carbonyl (C=O) groups is 2. The average Bonchev–Trinajstić information content (AvgIpc) is 3.17. The van der Waals surface area contributed by atoms with Crippen molar-refractivity contribution in [3.8, 4) is 16.9 Å². The van der Waals surface area contributed by atoms with Gasteiger partial charge >= 0.3 is 12.3 Å². The molecule has 1 amide bonds.